The van der Waals surface area contributed by atoms with E-state index in [0.717, 1.165) is 59.1 Å². The second-order valence-electron chi connectivity index (χ2n) is 8.24. The number of hydrogen-bond acceptors (Lipinski definition) is 8. The van der Waals surface area contributed by atoms with Gasteiger partial charge in [0.05, 0.1) is 42.8 Å². The first-order chi connectivity index (χ1) is 16.0. The van der Waals surface area contributed by atoms with Crippen molar-refractivity contribution in [3.63, 3.8) is 0 Å². The second-order valence-corrected chi connectivity index (χ2v) is 8.24. The zero-order valence-electron chi connectivity index (χ0n) is 19.5. The minimum Gasteiger partial charge on any atom is -0.497 e. The Kier molecular flexibility index (Phi) is 6.46. The van der Waals surface area contributed by atoms with E-state index in [2.05, 4.69) is 40.8 Å². The molecule has 8 nitrogen and oxygen atoms in total. The molecule has 2 heterocycles. The Morgan fingerprint density at radius 2 is 1.94 bits per heavy atom. The van der Waals surface area contributed by atoms with Gasteiger partial charge in [0, 0.05) is 67.0 Å². The molecule has 0 atom stereocenters. The zero-order valence-corrected chi connectivity index (χ0v) is 19.5. The number of nitrogens with one attached hydrogen (secondary N) is 1. The van der Waals surface area contributed by atoms with E-state index in [1.54, 1.807) is 20.4 Å². The maximum Gasteiger partial charge on any atom is 0.129 e. The number of rotatable bonds is 6. The van der Waals surface area contributed by atoms with Gasteiger partial charge in [0.1, 0.15) is 11.5 Å². The number of benzene rings is 2. The van der Waals surface area contributed by atoms with Crippen LogP contribution in [-0.2, 0) is 6.54 Å². The number of ether oxygens (including phenoxy) is 2. The second kappa shape index (κ2) is 9.46. The van der Waals surface area contributed by atoms with E-state index in [1.807, 2.05) is 18.2 Å². The molecule has 0 aliphatic carbocycles. The maximum atomic E-state index is 7.57. The van der Waals surface area contributed by atoms with Gasteiger partial charge in [-0.05, 0) is 32.0 Å². The standard InChI is InChI=1S/C25H30N6O2/c1-16(2)30-7-8-31(24-10-19(32-3)11-25(33-4)20(24)15-30)18-5-6-21-22(9-18)29-23(14-28-21)17(12-26)13-27/h5-6,9-14,16,26H,7-8,15,27H2,1-4H3/b17-13+,26-12?. The Morgan fingerprint density at radius 1 is 1.12 bits per heavy atom. The molecule has 3 aromatic rings. The average Bonchev–Trinajstić information content (AvgIpc) is 3.03. The van der Waals surface area contributed by atoms with E-state index in [0.29, 0.717) is 17.3 Å². The summed E-state index contributed by atoms with van der Waals surface area (Å²) in [5, 5.41) is 7.57. The van der Waals surface area contributed by atoms with Crippen LogP contribution in [0.2, 0.25) is 0 Å². The van der Waals surface area contributed by atoms with Gasteiger partial charge in [-0.25, -0.2) is 4.98 Å². The largest absolute Gasteiger partial charge is 0.497 e. The minimum absolute atomic E-state index is 0.400. The number of aromatic nitrogens is 2. The molecular formula is C25H30N6O2. The molecule has 1 aliphatic rings. The van der Waals surface area contributed by atoms with Crippen LogP contribution in [0, 0.1) is 5.41 Å². The molecular weight excluding hydrogens is 416 g/mol. The molecule has 1 aromatic heterocycles. The van der Waals surface area contributed by atoms with Crippen LogP contribution in [0.1, 0.15) is 25.1 Å². The molecule has 172 valence electrons. The number of hydrogen-bond donors (Lipinski definition) is 2. The van der Waals surface area contributed by atoms with Crippen LogP contribution in [0.15, 0.2) is 42.7 Å². The first-order valence-corrected chi connectivity index (χ1v) is 10.9. The van der Waals surface area contributed by atoms with Crippen molar-refractivity contribution in [1.29, 1.82) is 5.41 Å². The van der Waals surface area contributed by atoms with Gasteiger partial charge < -0.3 is 25.5 Å². The number of nitrogens with zero attached hydrogens (tertiary/aromatic N) is 4. The van der Waals surface area contributed by atoms with Gasteiger partial charge in [-0.15, -0.1) is 0 Å². The molecule has 0 saturated heterocycles. The fourth-order valence-electron chi connectivity index (χ4n) is 4.16. The molecule has 0 radical (unpaired) electrons. The summed E-state index contributed by atoms with van der Waals surface area (Å²) in [6.07, 6.45) is 4.20. The Bertz CT molecular complexity index is 1210. The molecule has 0 fully saturated rings. The smallest absolute Gasteiger partial charge is 0.129 e. The Balaban J connectivity index is 1.86. The van der Waals surface area contributed by atoms with Crippen LogP contribution in [0.5, 0.6) is 11.5 Å². The van der Waals surface area contributed by atoms with Crippen molar-refractivity contribution in [3.05, 3.63) is 54.0 Å². The van der Waals surface area contributed by atoms with Gasteiger partial charge in [-0.1, -0.05) is 0 Å². The molecule has 8 heteroatoms. The summed E-state index contributed by atoms with van der Waals surface area (Å²) in [5.74, 6) is 1.56. The van der Waals surface area contributed by atoms with Crippen LogP contribution < -0.4 is 20.1 Å². The number of allylic oxidation sites excluding steroid dienone is 1. The van der Waals surface area contributed by atoms with Crippen molar-refractivity contribution in [2.75, 3.05) is 32.2 Å². The highest BCUT2D eigenvalue weighted by atomic mass is 16.5. The van der Waals surface area contributed by atoms with Crippen LogP contribution in [-0.4, -0.2) is 54.4 Å². The fourth-order valence-corrected chi connectivity index (χ4v) is 4.16. The van der Waals surface area contributed by atoms with Gasteiger partial charge in [-0.2, -0.15) is 0 Å². The highest BCUT2D eigenvalue weighted by molar-refractivity contribution is 6.07. The summed E-state index contributed by atoms with van der Waals surface area (Å²) < 4.78 is 11.3. The molecule has 3 N–H and O–H groups in total. The van der Waals surface area contributed by atoms with Gasteiger partial charge in [0.2, 0.25) is 0 Å². The van der Waals surface area contributed by atoms with Crippen molar-refractivity contribution in [1.82, 2.24) is 14.9 Å². The Hall–Kier alpha value is -3.65. The Labute approximate surface area is 194 Å². The molecule has 0 saturated carbocycles. The van der Waals surface area contributed by atoms with Gasteiger partial charge in [-0.3, -0.25) is 9.88 Å². The minimum atomic E-state index is 0.400. The van der Waals surface area contributed by atoms with Crippen LogP contribution in [0.25, 0.3) is 16.6 Å². The highest BCUT2D eigenvalue weighted by Crippen LogP contribution is 2.41. The molecule has 0 unspecified atom stereocenters. The SMILES string of the molecule is COc1cc(OC)c2c(c1)N(c1ccc3ncc(/C(C=N)=C/N)nc3c1)CCN(C(C)C)C2. The van der Waals surface area contributed by atoms with Crippen molar-refractivity contribution >= 4 is 34.2 Å². The summed E-state index contributed by atoms with van der Waals surface area (Å²) >= 11 is 0. The van der Waals surface area contributed by atoms with Gasteiger partial charge in [0.25, 0.3) is 0 Å². The normalized spacial score (nSPS) is 14.8. The predicted octanol–water partition coefficient (Wildman–Crippen LogP) is 3.96. The molecule has 0 bridgehead atoms. The predicted molar refractivity (Wildman–Crippen MR) is 133 cm³/mol. The van der Waals surface area contributed by atoms with Crippen LogP contribution in [0.3, 0.4) is 0 Å². The van der Waals surface area contributed by atoms with E-state index in [-0.39, 0.29) is 0 Å². The third-order valence-electron chi connectivity index (χ3n) is 6.08. The third-order valence-corrected chi connectivity index (χ3v) is 6.08. The first kappa shape index (κ1) is 22.5. The lowest BCUT2D eigenvalue weighted by atomic mass is 10.1. The van der Waals surface area contributed by atoms with Crippen LogP contribution in [0.4, 0.5) is 11.4 Å². The van der Waals surface area contributed by atoms with Crippen molar-refractivity contribution in [3.8, 4) is 11.5 Å². The first-order valence-electron chi connectivity index (χ1n) is 10.9. The molecule has 1 aliphatic heterocycles. The van der Waals surface area contributed by atoms with Gasteiger partial charge in [0.15, 0.2) is 0 Å². The van der Waals surface area contributed by atoms with E-state index < -0.39 is 0 Å². The molecule has 0 spiro atoms. The van der Waals surface area contributed by atoms with Crippen molar-refractivity contribution in [2.24, 2.45) is 5.73 Å². The molecule has 4 rings (SSSR count). The molecule has 0 amide bonds. The molecule has 2 aromatic carbocycles. The van der Waals surface area contributed by atoms with E-state index in [1.165, 1.54) is 12.4 Å². The quantitative estimate of drug-likeness (QED) is 0.553. The number of anilines is 2. The van der Waals surface area contributed by atoms with E-state index in [9.17, 15) is 0 Å². The van der Waals surface area contributed by atoms with Gasteiger partial charge >= 0.3 is 0 Å². The number of fused-ring (bicyclic) bond motifs is 2. The fraction of sp³-hybridized carbons (Fsp3) is 0.320. The van der Waals surface area contributed by atoms with Crippen molar-refractivity contribution in [2.45, 2.75) is 26.4 Å². The summed E-state index contributed by atoms with van der Waals surface area (Å²) in [6, 6.07) is 10.5. The summed E-state index contributed by atoms with van der Waals surface area (Å²) in [4.78, 5) is 13.9. The Morgan fingerprint density at radius 3 is 2.61 bits per heavy atom. The van der Waals surface area contributed by atoms with Crippen LogP contribution >= 0.6 is 0 Å². The number of methoxy groups -OCH3 is 2. The topological polar surface area (TPSA) is 101 Å². The third kappa shape index (κ3) is 4.34. The zero-order chi connectivity index (χ0) is 23.5. The molecule has 33 heavy (non-hydrogen) atoms. The van der Waals surface area contributed by atoms with Crippen molar-refractivity contribution < 1.29 is 9.47 Å². The summed E-state index contributed by atoms with van der Waals surface area (Å²) in [6.45, 7) is 6.91. The average molecular weight is 447 g/mol. The van der Waals surface area contributed by atoms with E-state index >= 15 is 0 Å². The summed E-state index contributed by atoms with van der Waals surface area (Å²) in [5.41, 5.74) is 11.5. The lowest BCUT2D eigenvalue weighted by molar-refractivity contribution is 0.221. The lowest BCUT2D eigenvalue weighted by Crippen LogP contribution is -2.34. The maximum absolute atomic E-state index is 7.57. The summed E-state index contributed by atoms with van der Waals surface area (Å²) in [7, 11) is 3.37. The highest BCUT2D eigenvalue weighted by Gasteiger charge is 2.26. The lowest BCUT2D eigenvalue weighted by Gasteiger charge is -2.26. The monoisotopic (exact) mass is 446 g/mol. The van der Waals surface area contributed by atoms with E-state index in [4.69, 9.17) is 25.6 Å². The number of nitrogens with two attached hydrogens (primary N) is 1.